The third-order valence-corrected chi connectivity index (χ3v) is 4.46. The third kappa shape index (κ3) is 2.51. The fourth-order valence-electron chi connectivity index (χ4n) is 1.58. The monoisotopic (exact) mass is 270 g/mol. The number of nitrogens with zero attached hydrogens (tertiary/aromatic N) is 1. The van der Waals surface area contributed by atoms with E-state index in [2.05, 4.69) is 9.71 Å². The molecule has 1 aromatic heterocycles. The summed E-state index contributed by atoms with van der Waals surface area (Å²) in [6.07, 6.45) is 1.83. The van der Waals surface area contributed by atoms with E-state index in [0.29, 0.717) is 0 Å². The van der Waals surface area contributed by atoms with Gasteiger partial charge in [0.2, 0.25) is 0 Å². The van der Waals surface area contributed by atoms with Crippen LogP contribution in [-0.2, 0) is 10.0 Å². The van der Waals surface area contributed by atoms with Crippen molar-refractivity contribution in [1.29, 1.82) is 0 Å². The number of aromatic nitrogens is 1. The zero-order chi connectivity index (χ0) is 13.6. The summed E-state index contributed by atoms with van der Waals surface area (Å²) in [6.45, 7) is 3.95. The van der Waals surface area contributed by atoms with Crippen LogP contribution in [0.4, 0.5) is 0 Å². The van der Waals surface area contributed by atoms with E-state index in [1.54, 1.807) is 0 Å². The zero-order valence-electron chi connectivity index (χ0n) is 10.0. The van der Waals surface area contributed by atoms with Gasteiger partial charge < -0.3 is 5.11 Å². The van der Waals surface area contributed by atoms with E-state index in [1.807, 2.05) is 13.8 Å². The standard InChI is InChI=1S/C11H14N2O4S/c1-11(2)5-8(11)13-18(16,17)9-4-3-7(6-12-9)10(14)15/h3-4,6,8,13H,5H2,1-2H3,(H,14,15). The molecule has 0 aromatic carbocycles. The van der Waals surface area contributed by atoms with E-state index in [0.717, 1.165) is 12.6 Å². The highest BCUT2D eigenvalue weighted by Gasteiger charge is 2.48. The Kier molecular flexibility index (Phi) is 2.90. The Morgan fingerprint density at radius 1 is 1.50 bits per heavy atom. The number of hydrogen-bond donors (Lipinski definition) is 2. The second-order valence-corrected chi connectivity index (χ2v) is 6.72. The van der Waals surface area contributed by atoms with Crippen LogP contribution in [0.1, 0.15) is 30.6 Å². The van der Waals surface area contributed by atoms with Crippen molar-refractivity contribution in [1.82, 2.24) is 9.71 Å². The van der Waals surface area contributed by atoms with Gasteiger partial charge in [-0.3, -0.25) is 0 Å². The highest BCUT2D eigenvalue weighted by molar-refractivity contribution is 7.89. The van der Waals surface area contributed by atoms with Gasteiger partial charge in [-0.05, 0) is 24.0 Å². The lowest BCUT2D eigenvalue weighted by Gasteiger charge is -2.07. The molecule has 1 atom stereocenters. The molecule has 98 valence electrons. The van der Waals surface area contributed by atoms with Crippen LogP contribution in [0.5, 0.6) is 0 Å². The molecular formula is C11H14N2O4S. The molecule has 0 amide bonds. The fourth-order valence-corrected chi connectivity index (χ4v) is 2.92. The summed E-state index contributed by atoms with van der Waals surface area (Å²) in [5.41, 5.74) is -0.0608. The molecule has 1 heterocycles. The SMILES string of the molecule is CC1(C)CC1NS(=O)(=O)c1ccc(C(=O)O)cn1. The molecule has 6 nitrogen and oxygen atoms in total. The lowest BCUT2D eigenvalue weighted by molar-refractivity contribution is 0.0696. The summed E-state index contributed by atoms with van der Waals surface area (Å²) in [7, 11) is -3.66. The Bertz CT molecular complexity index is 578. The molecule has 1 fully saturated rings. The van der Waals surface area contributed by atoms with Gasteiger partial charge >= 0.3 is 5.97 Å². The number of pyridine rings is 1. The minimum absolute atomic E-state index is 0.0198. The van der Waals surface area contributed by atoms with Crippen molar-refractivity contribution >= 4 is 16.0 Å². The molecule has 0 spiro atoms. The Balaban J connectivity index is 2.17. The topological polar surface area (TPSA) is 96.4 Å². The zero-order valence-corrected chi connectivity index (χ0v) is 10.9. The average molecular weight is 270 g/mol. The van der Waals surface area contributed by atoms with Gasteiger partial charge in [0.15, 0.2) is 5.03 Å². The van der Waals surface area contributed by atoms with E-state index in [4.69, 9.17) is 5.11 Å². The molecule has 0 bridgehead atoms. The molecule has 0 aliphatic heterocycles. The van der Waals surface area contributed by atoms with Crippen LogP contribution in [0.3, 0.4) is 0 Å². The minimum Gasteiger partial charge on any atom is -0.478 e. The van der Waals surface area contributed by atoms with Crippen molar-refractivity contribution in [3.05, 3.63) is 23.9 Å². The quantitative estimate of drug-likeness (QED) is 0.845. The van der Waals surface area contributed by atoms with E-state index in [9.17, 15) is 13.2 Å². The highest BCUT2D eigenvalue weighted by Crippen LogP contribution is 2.45. The molecule has 1 saturated carbocycles. The fraction of sp³-hybridized carbons (Fsp3) is 0.455. The Labute approximate surface area is 105 Å². The summed E-state index contributed by atoms with van der Waals surface area (Å²) in [5.74, 6) is -1.14. The minimum atomic E-state index is -3.66. The summed E-state index contributed by atoms with van der Waals surface area (Å²) in [5, 5.41) is 8.54. The van der Waals surface area contributed by atoms with Crippen LogP contribution in [0.15, 0.2) is 23.4 Å². The van der Waals surface area contributed by atoms with Crippen LogP contribution in [-0.4, -0.2) is 30.5 Å². The first-order valence-electron chi connectivity index (χ1n) is 5.44. The van der Waals surface area contributed by atoms with Gasteiger partial charge in [0.05, 0.1) is 5.56 Å². The maximum absolute atomic E-state index is 11.9. The number of hydrogen-bond acceptors (Lipinski definition) is 4. The number of nitrogens with one attached hydrogen (secondary N) is 1. The Morgan fingerprint density at radius 3 is 2.50 bits per heavy atom. The van der Waals surface area contributed by atoms with E-state index >= 15 is 0 Å². The van der Waals surface area contributed by atoms with Crippen molar-refractivity contribution in [2.45, 2.75) is 31.3 Å². The van der Waals surface area contributed by atoms with Gasteiger partial charge in [0.25, 0.3) is 10.0 Å². The van der Waals surface area contributed by atoms with Gasteiger partial charge in [-0.1, -0.05) is 13.8 Å². The lowest BCUT2D eigenvalue weighted by Crippen LogP contribution is -2.29. The van der Waals surface area contributed by atoms with Crippen molar-refractivity contribution in [3.63, 3.8) is 0 Å². The van der Waals surface area contributed by atoms with Gasteiger partial charge in [-0.15, -0.1) is 0 Å². The van der Waals surface area contributed by atoms with E-state index in [1.165, 1.54) is 12.1 Å². The largest absolute Gasteiger partial charge is 0.478 e. The first-order valence-corrected chi connectivity index (χ1v) is 6.92. The normalized spacial score (nSPS) is 21.6. The Hall–Kier alpha value is -1.47. The molecule has 7 heteroatoms. The predicted molar refractivity (Wildman–Crippen MR) is 63.7 cm³/mol. The van der Waals surface area contributed by atoms with Gasteiger partial charge in [-0.2, -0.15) is 0 Å². The number of rotatable bonds is 4. The summed E-state index contributed by atoms with van der Waals surface area (Å²) < 4.78 is 26.4. The number of aromatic carboxylic acids is 1. The molecule has 1 aliphatic carbocycles. The van der Waals surface area contributed by atoms with Crippen molar-refractivity contribution in [2.24, 2.45) is 5.41 Å². The average Bonchev–Trinajstić information content (AvgIpc) is 2.85. The number of carbonyl (C=O) groups is 1. The molecule has 2 rings (SSSR count). The smallest absolute Gasteiger partial charge is 0.337 e. The van der Waals surface area contributed by atoms with Crippen LogP contribution < -0.4 is 4.72 Å². The summed E-state index contributed by atoms with van der Waals surface area (Å²) in [6, 6.07) is 2.34. The third-order valence-electron chi connectivity index (χ3n) is 3.07. The molecular weight excluding hydrogens is 256 g/mol. The molecule has 18 heavy (non-hydrogen) atoms. The van der Waals surface area contributed by atoms with Gasteiger partial charge in [-0.25, -0.2) is 22.9 Å². The van der Waals surface area contributed by atoms with Crippen LogP contribution >= 0.6 is 0 Å². The highest BCUT2D eigenvalue weighted by atomic mass is 32.2. The second-order valence-electron chi connectivity index (χ2n) is 5.06. The molecule has 1 aliphatic rings. The molecule has 2 N–H and O–H groups in total. The maximum atomic E-state index is 11.9. The van der Waals surface area contributed by atoms with Crippen molar-refractivity contribution in [2.75, 3.05) is 0 Å². The first kappa shape index (κ1) is 13.0. The maximum Gasteiger partial charge on any atom is 0.337 e. The molecule has 0 saturated heterocycles. The van der Waals surface area contributed by atoms with Gasteiger partial charge in [0, 0.05) is 12.2 Å². The van der Waals surface area contributed by atoms with Crippen molar-refractivity contribution < 1.29 is 18.3 Å². The summed E-state index contributed by atoms with van der Waals surface area (Å²) in [4.78, 5) is 14.3. The van der Waals surface area contributed by atoms with Gasteiger partial charge in [0.1, 0.15) is 0 Å². The summed E-state index contributed by atoms with van der Waals surface area (Å²) >= 11 is 0. The van der Waals surface area contributed by atoms with Crippen LogP contribution in [0.25, 0.3) is 0 Å². The number of carboxylic acid groups (broad SMARTS) is 1. The molecule has 0 radical (unpaired) electrons. The van der Waals surface area contributed by atoms with E-state index < -0.39 is 16.0 Å². The second kappa shape index (κ2) is 4.03. The number of carboxylic acids is 1. The lowest BCUT2D eigenvalue weighted by atomic mass is 10.2. The van der Waals surface area contributed by atoms with Crippen LogP contribution in [0, 0.1) is 5.41 Å². The van der Waals surface area contributed by atoms with E-state index in [-0.39, 0.29) is 22.0 Å². The molecule has 1 unspecified atom stereocenters. The first-order chi connectivity index (χ1) is 8.22. The number of sulfonamides is 1. The Morgan fingerprint density at radius 2 is 2.11 bits per heavy atom. The van der Waals surface area contributed by atoms with Crippen LogP contribution in [0.2, 0.25) is 0 Å². The molecule has 1 aromatic rings. The predicted octanol–water partition coefficient (Wildman–Crippen LogP) is 0.857. The van der Waals surface area contributed by atoms with Crippen molar-refractivity contribution in [3.8, 4) is 0 Å².